The van der Waals surface area contributed by atoms with Crippen LogP contribution in [0.2, 0.25) is 0 Å². The number of anilines is 1. The van der Waals surface area contributed by atoms with Crippen molar-refractivity contribution in [2.45, 2.75) is 25.2 Å². The third-order valence-electron chi connectivity index (χ3n) is 4.77. The van der Waals surface area contributed by atoms with Gasteiger partial charge in [-0.1, -0.05) is 25.1 Å². The Morgan fingerprint density at radius 2 is 1.96 bits per heavy atom. The normalized spacial score (nSPS) is 20.6. The van der Waals surface area contributed by atoms with E-state index in [2.05, 4.69) is 10.3 Å². The number of hydrogen-bond donors (Lipinski definition) is 1. The summed E-state index contributed by atoms with van der Waals surface area (Å²) in [6, 6.07) is 10.9. The summed E-state index contributed by atoms with van der Waals surface area (Å²) in [6.45, 7) is 3.93. The number of nitrogens with one attached hydrogen (secondary N) is 1. The molecule has 23 heavy (non-hydrogen) atoms. The fourth-order valence-electron chi connectivity index (χ4n) is 3.07. The van der Waals surface area contributed by atoms with Gasteiger partial charge in [0.15, 0.2) is 0 Å². The second-order valence-electron chi connectivity index (χ2n) is 5.89. The second-order valence-corrected chi connectivity index (χ2v) is 5.89. The van der Waals surface area contributed by atoms with Crippen LogP contribution in [0.5, 0.6) is 0 Å². The van der Waals surface area contributed by atoms with Crippen molar-refractivity contribution in [2.75, 3.05) is 12.4 Å². The molecule has 0 fully saturated rings. The second kappa shape index (κ2) is 5.50. The van der Waals surface area contributed by atoms with Crippen LogP contribution in [-0.4, -0.2) is 24.0 Å². The summed E-state index contributed by atoms with van der Waals surface area (Å²) in [5.41, 5.74) is 1.67. The number of carbonyl (C=O) groups is 2. The zero-order chi connectivity index (χ0) is 16.6. The number of methoxy groups -OCH3 is 1. The molecule has 1 aromatic carbocycles. The molecule has 1 amide bonds. The molecule has 5 nitrogen and oxygen atoms in total. The van der Waals surface area contributed by atoms with Crippen molar-refractivity contribution in [1.82, 2.24) is 4.98 Å². The first-order valence-electron chi connectivity index (χ1n) is 7.43. The Kier molecular flexibility index (Phi) is 3.64. The minimum Gasteiger partial charge on any atom is -0.465 e. The van der Waals surface area contributed by atoms with Crippen LogP contribution in [0, 0.1) is 0 Å². The van der Waals surface area contributed by atoms with E-state index in [1.807, 2.05) is 38.1 Å². The Morgan fingerprint density at radius 1 is 1.26 bits per heavy atom. The number of benzene rings is 1. The predicted octanol–water partition coefficient (Wildman–Crippen LogP) is 2.88. The van der Waals surface area contributed by atoms with Gasteiger partial charge in [0, 0.05) is 11.8 Å². The lowest BCUT2D eigenvalue weighted by molar-refractivity contribution is -0.120. The van der Waals surface area contributed by atoms with Crippen LogP contribution < -0.4 is 5.32 Å². The zero-order valence-electron chi connectivity index (χ0n) is 13.3. The van der Waals surface area contributed by atoms with Crippen molar-refractivity contribution >= 4 is 17.7 Å². The molecular weight excluding hydrogens is 292 g/mol. The van der Waals surface area contributed by atoms with E-state index in [1.165, 1.54) is 7.11 Å². The van der Waals surface area contributed by atoms with Crippen LogP contribution in [0.3, 0.4) is 0 Å². The molecule has 0 aliphatic carbocycles. The molecule has 2 aromatic rings. The van der Waals surface area contributed by atoms with Crippen LogP contribution in [-0.2, 0) is 14.9 Å². The van der Waals surface area contributed by atoms with Gasteiger partial charge < -0.3 is 10.1 Å². The van der Waals surface area contributed by atoms with E-state index in [4.69, 9.17) is 4.74 Å². The number of rotatable bonds is 3. The van der Waals surface area contributed by atoms with Gasteiger partial charge in [0.1, 0.15) is 5.82 Å². The number of ether oxygens (including phenoxy) is 1. The molecule has 0 saturated heterocycles. The number of fused-ring (bicyclic) bond motifs is 1. The van der Waals surface area contributed by atoms with E-state index in [-0.39, 0.29) is 17.8 Å². The van der Waals surface area contributed by atoms with E-state index in [0.717, 1.165) is 11.1 Å². The molecule has 0 saturated carbocycles. The number of aromatic nitrogens is 1. The highest BCUT2D eigenvalue weighted by Gasteiger charge is 2.47. The van der Waals surface area contributed by atoms with Gasteiger partial charge in [-0.25, -0.2) is 9.78 Å². The first-order chi connectivity index (χ1) is 11.0. The van der Waals surface area contributed by atoms with E-state index in [1.54, 1.807) is 18.3 Å². The van der Waals surface area contributed by atoms with Crippen molar-refractivity contribution in [3.8, 4) is 0 Å². The van der Waals surface area contributed by atoms with Gasteiger partial charge in [0.2, 0.25) is 5.91 Å². The molecule has 0 bridgehead atoms. The molecule has 5 heteroatoms. The molecule has 1 aromatic heterocycles. The topological polar surface area (TPSA) is 68.3 Å². The number of hydrogen-bond acceptors (Lipinski definition) is 4. The monoisotopic (exact) mass is 310 g/mol. The third-order valence-corrected chi connectivity index (χ3v) is 4.77. The van der Waals surface area contributed by atoms with Gasteiger partial charge in [-0.3, -0.25) is 4.79 Å². The van der Waals surface area contributed by atoms with Gasteiger partial charge in [-0.2, -0.15) is 0 Å². The minimum atomic E-state index is -0.698. The Labute approximate surface area is 134 Å². The number of carbonyl (C=O) groups excluding carboxylic acids is 2. The van der Waals surface area contributed by atoms with Crippen LogP contribution >= 0.6 is 0 Å². The summed E-state index contributed by atoms with van der Waals surface area (Å²) in [7, 11) is 1.35. The highest BCUT2D eigenvalue weighted by atomic mass is 16.5. The third kappa shape index (κ3) is 2.29. The summed E-state index contributed by atoms with van der Waals surface area (Å²) >= 11 is 0. The van der Waals surface area contributed by atoms with Crippen molar-refractivity contribution in [2.24, 2.45) is 0 Å². The summed E-state index contributed by atoms with van der Waals surface area (Å²) in [6.07, 6.45) is 1.67. The lowest BCUT2D eigenvalue weighted by Gasteiger charge is -2.30. The average Bonchev–Trinajstić information content (AvgIpc) is 2.86. The Hall–Kier alpha value is -2.69. The quantitative estimate of drug-likeness (QED) is 0.885. The number of esters is 1. The van der Waals surface area contributed by atoms with Gasteiger partial charge in [0.25, 0.3) is 0 Å². The summed E-state index contributed by atoms with van der Waals surface area (Å²) in [5.74, 6) is 0.122. The molecule has 0 spiro atoms. The summed E-state index contributed by atoms with van der Waals surface area (Å²) in [5, 5.41) is 2.85. The van der Waals surface area contributed by atoms with E-state index in [9.17, 15) is 9.59 Å². The fraction of sp³-hybridized carbons (Fsp3) is 0.278. The van der Waals surface area contributed by atoms with Crippen molar-refractivity contribution in [3.05, 3.63) is 59.3 Å². The number of nitrogens with zero attached hydrogens (tertiary/aromatic N) is 1. The Bertz CT molecular complexity index is 770. The molecule has 1 aliphatic rings. The summed E-state index contributed by atoms with van der Waals surface area (Å²) < 4.78 is 4.71. The highest BCUT2D eigenvalue weighted by Crippen LogP contribution is 2.45. The first kappa shape index (κ1) is 15.2. The van der Waals surface area contributed by atoms with Crippen LogP contribution in [0.15, 0.2) is 42.6 Å². The van der Waals surface area contributed by atoms with Crippen molar-refractivity contribution in [1.29, 1.82) is 0 Å². The van der Waals surface area contributed by atoms with Gasteiger partial charge in [-0.05, 0) is 36.6 Å². The largest absolute Gasteiger partial charge is 0.465 e. The van der Waals surface area contributed by atoms with Gasteiger partial charge in [0.05, 0.1) is 18.1 Å². The molecule has 3 rings (SSSR count). The summed E-state index contributed by atoms with van der Waals surface area (Å²) in [4.78, 5) is 28.3. The molecule has 2 heterocycles. The van der Waals surface area contributed by atoms with Crippen LogP contribution in [0.25, 0.3) is 0 Å². The fourth-order valence-corrected chi connectivity index (χ4v) is 3.07. The van der Waals surface area contributed by atoms with Crippen LogP contribution in [0.1, 0.15) is 41.3 Å². The molecule has 118 valence electrons. The molecular formula is C18H18N2O3. The highest BCUT2D eigenvalue weighted by molar-refractivity contribution is 6.05. The van der Waals surface area contributed by atoms with Crippen molar-refractivity contribution in [3.63, 3.8) is 0 Å². The average molecular weight is 310 g/mol. The SMILES string of the molecule is COC(=O)c1ccc(C(C)[C@@]2(C)C(=O)Nc3ncccc32)cc1. The molecule has 1 N–H and O–H groups in total. The smallest absolute Gasteiger partial charge is 0.337 e. The molecule has 2 atom stereocenters. The lowest BCUT2D eigenvalue weighted by atomic mass is 9.71. The van der Waals surface area contributed by atoms with Crippen LogP contribution in [0.4, 0.5) is 5.82 Å². The van der Waals surface area contributed by atoms with E-state index < -0.39 is 5.41 Å². The first-order valence-corrected chi connectivity index (χ1v) is 7.43. The maximum Gasteiger partial charge on any atom is 0.337 e. The zero-order valence-corrected chi connectivity index (χ0v) is 13.3. The Balaban J connectivity index is 1.98. The van der Waals surface area contributed by atoms with Crippen molar-refractivity contribution < 1.29 is 14.3 Å². The maximum absolute atomic E-state index is 12.6. The molecule has 1 unspecified atom stereocenters. The predicted molar refractivity (Wildman–Crippen MR) is 86.4 cm³/mol. The molecule has 0 radical (unpaired) electrons. The minimum absolute atomic E-state index is 0.0595. The van der Waals surface area contributed by atoms with Gasteiger partial charge in [-0.15, -0.1) is 0 Å². The van der Waals surface area contributed by atoms with Gasteiger partial charge >= 0.3 is 5.97 Å². The van der Waals surface area contributed by atoms with E-state index >= 15 is 0 Å². The Morgan fingerprint density at radius 3 is 2.61 bits per heavy atom. The maximum atomic E-state index is 12.6. The number of pyridine rings is 1. The lowest BCUT2D eigenvalue weighted by Crippen LogP contribution is -2.36. The molecule has 1 aliphatic heterocycles. The number of amides is 1. The standard InChI is InChI=1S/C18H18N2O3/c1-11(12-6-8-13(9-7-12)16(21)23-3)18(2)14-5-4-10-19-15(14)20-17(18)22/h4-11H,1-3H3,(H,19,20,22)/t11?,18-/m1/s1. The van der Waals surface area contributed by atoms with E-state index in [0.29, 0.717) is 11.4 Å².